The van der Waals surface area contributed by atoms with Crippen LogP contribution in [0.1, 0.15) is 11.1 Å². The lowest BCUT2D eigenvalue weighted by molar-refractivity contribution is -0.383. The van der Waals surface area contributed by atoms with E-state index < -0.39 is 27.6 Å². The number of benzene rings is 2. The summed E-state index contributed by atoms with van der Waals surface area (Å²) in [5, 5.41) is 12.7. The largest absolute Gasteiger partial charge is 0.417 e. The highest BCUT2D eigenvalue weighted by atomic mass is 35.5. The predicted octanol–water partition coefficient (Wildman–Crippen LogP) is 4.92. The number of halogens is 4. The maximum atomic E-state index is 12.8. The quantitative estimate of drug-likeness (QED) is 0.471. The lowest BCUT2D eigenvalue weighted by Gasteiger charge is -2.09. The fourth-order valence-corrected chi connectivity index (χ4v) is 2.17. The van der Waals surface area contributed by atoms with Crippen molar-refractivity contribution in [1.29, 1.82) is 0 Å². The van der Waals surface area contributed by atoms with E-state index in [2.05, 4.69) is 5.32 Å². The van der Waals surface area contributed by atoms with Gasteiger partial charge in [0.05, 0.1) is 15.5 Å². The summed E-state index contributed by atoms with van der Waals surface area (Å²) in [4.78, 5) is 22.0. The van der Waals surface area contributed by atoms with Crippen molar-refractivity contribution in [2.75, 3.05) is 5.32 Å². The fourth-order valence-electron chi connectivity index (χ4n) is 1.95. The van der Waals surface area contributed by atoms with Crippen molar-refractivity contribution in [3.63, 3.8) is 0 Å². The lowest BCUT2D eigenvalue weighted by atomic mass is 10.1. The smallest absolute Gasteiger partial charge is 0.317 e. The van der Waals surface area contributed by atoms with Gasteiger partial charge in [0.1, 0.15) is 5.69 Å². The van der Waals surface area contributed by atoms with Crippen LogP contribution in [0.4, 0.5) is 24.5 Å². The zero-order valence-corrected chi connectivity index (χ0v) is 13.1. The number of alkyl halides is 3. The van der Waals surface area contributed by atoms with Crippen LogP contribution in [0.3, 0.4) is 0 Å². The van der Waals surface area contributed by atoms with E-state index >= 15 is 0 Å². The summed E-state index contributed by atoms with van der Waals surface area (Å²) in [6, 6.07) is 8.69. The second-order valence-corrected chi connectivity index (χ2v) is 5.24. The molecule has 25 heavy (non-hydrogen) atoms. The first-order valence-corrected chi connectivity index (χ1v) is 7.15. The Bertz CT molecular complexity index is 851. The van der Waals surface area contributed by atoms with E-state index in [1.165, 1.54) is 30.3 Å². The highest BCUT2D eigenvalue weighted by molar-refractivity contribution is 6.31. The summed E-state index contributed by atoms with van der Waals surface area (Å²) >= 11 is 5.51. The molecule has 0 bridgehead atoms. The van der Waals surface area contributed by atoms with Crippen molar-refractivity contribution >= 4 is 35.0 Å². The Hall–Kier alpha value is -2.87. The Morgan fingerprint density at radius 3 is 2.52 bits per heavy atom. The summed E-state index contributed by atoms with van der Waals surface area (Å²) < 4.78 is 38.4. The number of para-hydroxylation sites is 2. The normalized spacial score (nSPS) is 11.5. The molecule has 0 fully saturated rings. The third-order valence-electron chi connectivity index (χ3n) is 3.08. The van der Waals surface area contributed by atoms with Gasteiger partial charge in [-0.1, -0.05) is 29.8 Å². The van der Waals surface area contributed by atoms with Crippen LogP contribution in [-0.2, 0) is 11.0 Å². The molecule has 0 atom stereocenters. The minimum Gasteiger partial charge on any atom is -0.317 e. The van der Waals surface area contributed by atoms with E-state index in [4.69, 9.17) is 11.6 Å². The predicted molar refractivity (Wildman–Crippen MR) is 87.2 cm³/mol. The van der Waals surface area contributed by atoms with E-state index in [0.29, 0.717) is 0 Å². The molecule has 0 unspecified atom stereocenters. The van der Waals surface area contributed by atoms with Gasteiger partial charge in [-0.15, -0.1) is 0 Å². The molecule has 0 heterocycles. The molecular weight excluding hydrogens is 361 g/mol. The van der Waals surface area contributed by atoms with Gasteiger partial charge in [-0.25, -0.2) is 0 Å². The number of carbonyl (C=O) groups excluding carboxylic acids is 1. The SMILES string of the molecule is O=C(/C=C/c1ccc(Cl)c(C(F)(F)F)c1)Nc1ccccc1[N+](=O)[O-]. The molecule has 0 aromatic heterocycles. The van der Waals surface area contributed by atoms with Crippen LogP contribution in [-0.4, -0.2) is 10.8 Å². The van der Waals surface area contributed by atoms with Gasteiger partial charge in [-0.2, -0.15) is 13.2 Å². The van der Waals surface area contributed by atoms with Crippen LogP contribution in [0.25, 0.3) is 6.08 Å². The summed E-state index contributed by atoms with van der Waals surface area (Å²) in [6.45, 7) is 0. The number of carbonyl (C=O) groups is 1. The minimum absolute atomic E-state index is 0.0192. The van der Waals surface area contributed by atoms with Gasteiger partial charge in [0.15, 0.2) is 0 Å². The zero-order chi connectivity index (χ0) is 18.6. The number of nitrogens with one attached hydrogen (secondary N) is 1. The molecule has 2 aromatic carbocycles. The molecule has 0 spiro atoms. The van der Waals surface area contributed by atoms with E-state index in [1.54, 1.807) is 0 Å². The van der Waals surface area contributed by atoms with Gasteiger partial charge < -0.3 is 5.32 Å². The van der Waals surface area contributed by atoms with Crippen LogP contribution in [0, 0.1) is 10.1 Å². The number of anilines is 1. The van der Waals surface area contributed by atoms with Crippen molar-refractivity contribution in [3.05, 3.63) is 74.8 Å². The molecule has 0 aliphatic carbocycles. The van der Waals surface area contributed by atoms with Crippen molar-refractivity contribution in [1.82, 2.24) is 0 Å². The van der Waals surface area contributed by atoms with Gasteiger partial charge in [-0.3, -0.25) is 14.9 Å². The van der Waals surface area contributed by atoms with Crippen molar-refractivity contribution < 1.29 is 22.9 Å². The molecule has 0 aliphatic rings. The summed E-state index contributed by atoms with van der Waals surface area (Å²) in [7, 11) is 0. The average Bonchev–Trinajstić information content (AvgIpc) is 2.53. The molecule has 5 nitrogen and oxygen atoms in total. The van der Waals surface area contributed by atoms with Gasteiger partial charge in [-0.05, 0) is 29.8 Å². The highest BCUT2D eigenvalue weighted by Crippen LogP contribution is 2.35. The molecule has 2 aromatic rings. The summed E-state index contributed by atoms with van der Waals surface area (Å²) in [5.74, 6) is -0.724. The number of nitrogens with zero attached hydrogens (tertiary/aromatic N) is 1. The number of rotatable bonds is 4. The van der Waals surface area contributed by atoms with Gasteiger partial charge >= 0.3 is 6.18 Å². The molecular formula is C16H10ClF3N2O3. The van der Waals surface area contributed by atoms with E-state index in [-0.39, 0.29) is 16.9 Å². The number of hydrogen-bond acceptors (Lipinski definition) is 3. The topological polar surface area (TPSA) is 72.2 Å². The Labute approximate surface area is 144 Å². The maximum Gasteiger partial charge on any atom is 0.417 e. The first kappa shape index (κ1) is 18.5. The third-order valence-corrected chi connectivity index (χ3v) is 3.41. The molecule has 2 rings (SSSR count). The van der Waals surface area contributed by atoms with Crippen LogP contribution < -0.4 is 5.32 Å². The minimum atomic E-state index is -4.62. The van der Waals surface area contributed by atoms with E-state index in [9.17, 15) is 28.1 Å². The second kappa shape index (κ2) is 7.35. The fraction of sp³-hybridized carbons (Fsp3) is 0.0625. The van der Waals surface area contributed by atoms with Gasteiger partial charge in [0.2, 0.25) is 5.91 Å². The number of nitro groups is 1. The van der Waals surface area contributed by atoms with Crippen LogP contribution in [0.15, 0.2) is 48.5 Å². The van der Waals surface area contributed by atoms with Crippen molar-refractivity contribution in [2.24, 2.45) is 0 Å². The third kappa shape index (κ3) is 4.80. The molecule has 0 saturated heterocycles. The molecule has 0 radical (unpaired) electrons. The highest BCUT2D eigenvalue weighted by Gasteiger charge is 2.33. The van der Waals surface area contributed by atoms with E-state index in [0.717, 1.165) is 24.3 Å². The monoisotopic (exact) mass is 370 g/mol. The average molecular weight is 371 g/mol. The van der Waals surface area contributed by atoms with Crippen LogP contribution >= 0.6 is 11.6 Å². The van der Waals surface area contributed by atoms with Gasteiger partial charge in [0, 0.05) is 12.1 Å². The number of hydrogen-bond donors (Lipinski definition) is 1. The van der Waals surface area contributed by atoms with E-state index in [1.807, 2.05) is 0 Å². The second-order valence-electron chi connectivity index (χ2n) is 4.83. The maximum absolute atomic E-state index is 12.8. The van der Waals surface area contributed by atoms with Crippen molar-refractivity contribution in [2.45, 2.75) is 6.18 Å². The Morgan fingerprint density at radius 2 is 1.88 bits per heavy atom. The number of amides is 1. The molecule has 130 valence electrons. The van der Waals surface area contributed by atoms with Crippen LogP contribution in [0.5, 0.6) is 0 Å². The Balaban J connectivity index is 2.18. The van der Waals surface area contributed by atoms with Gasteiger partial charge in [0.25, 0.3) is 5.69 Å². The Morgan fingerprint density at radius 1 is 1.20 bits per heavy atom. The molecule has 1 N–H and O–H groups in total. The lowest BCUT2D eigenvalue weighted by Crippen LogP contribution is -2.09. The first-order valence-electron chi connectivity index (χ1n) is 6.77. The standard InChI is InChI=1S/C16H10ClF3N2O3/c17-12-7-5-10(9-11(12)16(18,19)20)6-8-15(23)21-13-3-1-2-4-14(13)22(24)25/h1-9H,(H,21,23)/b8-6+. The molecule has 0 aliphatic heterocycles. The summed E-state index contributed by atoms with van der Waals surface area (Å²) in [5.41, 5.74) is -1.23. The molecule has 1 amide bonds. The number of nitro benzene ring substituents is 1. The summed E-state index contributed by atoms with van der Waals surface area (Å²) in [6.07, 6.45) is -2.50. The van der Waals surface area contributed by atoms with Crippen LogP contribution in [0.2, 0.25) is 5.02 Å². The molecule has 9 heteroatoms. The Kier molecular flexibility index (Phi) is 5.43. The first-order chi connectivity index (χ1) is 11.7. The zero-order valence-electron chi connectivity index (χ0n) is 12.4. The molecule has 0 saturated carbocycles. The van der Waals surface area contributed by atoms with Crippen molar-refractivity contribution in [3.8, 4) is 0 Å².